The summed E-state index contributed by atoms with van der Waals surface area (Å²) >= 11 is 0. The van der Waals surface area contributed by atoms with E-state index in [2.05, 4.69) is 10.3 Å². The number of nitrogens with zero attached hydrogens (tertiary/aromatic N) is 4. The lowest BCUT2D eigenvalue weighted by Crippen LogP contribution is -2.36. The molecule has 0 saturated heterocycles. The zero-order chi connectivity index (χ0) is 21.3. The predicted octanol–water partition coefficient (Wildman–Crippen LogP) is 1.99. The Balaban J connectivity index is 1.65. The highest BCUT2D eigenvalue weighted by Crippen LogP contribution is 2.23. The van der Waals surface area contributed by atoms with Crippen molar-refractivity contribution in [3.8, 4) is 5.75 Å². The first-order valence-electron chi connectivity index (χ1n) is 9.54. The SMILES string of the molecule is COc1ccc(C(NC(=O)Cn2c(=O)n(C)c3ccccc32)c2nccn2C)cc1. The molecule has 1 amide bonds. The maximum absolute atomic E-state index is 13.0. The molecule has 2 aromatic heterocycles. The Morgan fingerprint density at radius 2 is 1.80 bits per heavy atom. The van der Waals surface area contributed by atoms with Crippen molar-refractivity contribution in [2.75, 3.05) is 7.11 Å². The fourth-order valence-electron chi connectivity index (χ4n) is 3.61. The van der Waals surface area contributed by atoms with E-state index in [1.807, 2.05) is 66.3 Å². The molecule has 0 aliphatic carbocycles. The number of hydrogen-bond acceptors (Lipinski definition) is 4. The van der Waals surface area contributed by atoms with E-state index in [0.29, 0.717) is 5.82 Å². The van der Waals surface area contributed by atoms with Crippen LogP contribution in [0.3, 0.4) is 0 Å². The molecule has 2 aromatic carbocycles. The number of ether oxygens (including phenoxy) is 1. The number of benzene rings is 2. The van der Waals surface area contributed by atoms with Gasteiger partial charge in [-0.15, -0.1) is 0 Å². The molecule has 4 aromatic rings. The van der Waals surface area contributed by atoms with Crippen molar-refractivity contribution in [1.82, 2.24) is 24.0 Å². The zero-order valence-corrected chi connectivity index (χ0v) is 17.1. The largest absolute Gasteiger partial charge is 0.497 e. The van der Waals surface area contributed by atoms with Crippen LogP contribution < -0.4 is 15.7 Å². The lowest BCUT2D eigenvalue weighted by atomic mass is 10.1. The molecule has 0 fully saturated rings. The highest BCUT2D eigenvalue weighted by Gasteiger charge is 2.22. The lowest BCUT2D eigenvalue weighted by Gasteiger charge is -2.19. The van der Waals surface area contributed by atoms with E-state index in [4.69, 9.17) is 4.74 Å². The van der Waals surface area contributed by atoms with Crippen molar-refractivity contribution < 1.29 is 9.53 Å². The maximum Gasteiger partial charge on any atom is 0.329 e. The molecular formula is C22H23N5O3. The second kappa shape index (κ2) is 7.90. The molecule has 1 atom stereocenters. The van der Waals surface area contributed by atoms with Crippen LogP contribution >= 0.6 is 0 Å². The predicted molar refractivity (Wildman–Crippen MR) is 113 cm³/mol. The molecule has 0 aliphatic rings. The van der Waals surface area contributed by atoms with Gasteiger partial charge in [-0.3, -0.25) is 13.9 Å². The fraction of sp³-hybridized carbons (Fsp3) is 0.227. The first kappa shape index (κ1) is 19.5. The zero-order valence-electron chi connectivity index (χ0n) is 17.1. The third-order valence-electron chi connectivity index (χ3n) is 5.22. The summed E-state index contributed by atoms with van der Waals surface area (Å²) in [5, 5.41) is 3.03. The van der Waals surface area contributed by atoms with Crippen molar-refractivity contribution in [2.45, 2.75) is 12.6 Å². The van der Waals surface area contributed by atoms with Crippen molar-refractivity contribution in [2.24, 2.45) is 14.1 Å². The summed E-state index contributed by atoms with van der Waals surface area (Å²) in [5.74, 6) is 1.14. The van der Waals surface area contributed by atoms with E-state index < -0.39 is 6.04 Å². The van der Waals surface area contributed by atoms with Crippen molar-refractivity contribution >= 4 is 16.9 Å². The second-order valence-electron chi connectivity index (χ2n) is 7.09. The number of amides is 1. The van der Waals surface area contributed by atoms with Crippen LogP contribution in [0.2, 0.25) is 0 Å². The third-order valence-corrected chi connectivity index (χ3v) is 5.22. The van der Waals surface area contributed by atoms with Gasteiger partial charge in [0.25, 0.3) is 0 Å². The minimum atomic E-state index is -0.464. The van der Waals surface area contributed by atoms with Crippen LogP contribution in [0.1, 0.15) is 17.4 Å². The Morgan fingerprint density at radius 3 is 2.43 bits per heavy atom. The molecule has 1 N–H and O–H groups in total. The fourth-order valence-corrected chi connectivity index (χ4v) is 3.61. The lowest BCUT2D eigenvalue weighted by molar-refractivity contribution is -0.122. The Hall–Kier alpha value is -3.81. The number of nitrogens with one attached hydrogen (secondary N) is 1. The van der Waals surface area contributed by atoms with Gasteiger partial charge in [0, 0.05) is 26.5 Å². The second-order valence-corrected chi connectivity index (χ2v) is 7.09. The van der Waals surface area contributed by atoms with Crippen LogP contribution in [-0.4, -0.2) is 31.7 Å². The molecule has 1 unspecified atom stereocenters. The minimum absolute atomic E-state index is 0.0860. The molecule has 4 rings (SSSR count). The first-order chi connectivity index (χ1) is 14.5. The van der Waals surface area contributed by atoms with Gasteiger partial charge in [0.2, 0.25) is 5.91 Å². The van der Waals surface area contributed by atoms with Gasteiger partial charge in [-0.1, -0.05) is 24.3 Å². The van der Waals surface area contributed by atoms with Gasteiger partial charge in [-0.2, -0.15) is 0 Å². The third kappa shape index (κ3) is 3.47. The molecule has 2 heterocycles. The van der Waals surface area contributed by atoms with Crippen molar-refractivity contribution in [3.63, 3.8) is 0 Å². The van der Waals surface area contributed by atoms with Gasteiger partial charge in [-0.25, -0.2) is 9.78 Å². The molecule has 30 heavy (non-hydrogen) atoms. The number of para-hydroxylation sites is 2. The van der Waals surface area contributed by atoms with E-state index in [1.54, 1.807) is 24.9 Å². The van der Waals surface area contributed by atoms with Gasteiger partial charge in [-0.05, 0) is 29.8 Å². The number of imidazole rings is 2. The van der Waals surface area contributed by atoms with E-state index in [9.17, 15) is 9.59 Å². The number of fused-ring (bicyclic) bond motifs is 1. The summed E-state index contributed by atoms with van der Waals surface area (Å²) in [6.07, 6.45) is 3.51. The number of aromatic nitrogens is 4. The summed E-state index contributed by atoms with van der Waals surface area (Å²) in [4.78, 5) is 30.0. The Morgan fingerprint density at radius 1 is 1.10 bits per heavy atom. The van der Waals surface area contributed by atoms with Crippen LogP contribution in [0.15, 0.2) is 65.7 Å². The monoisotopic (exact) mass is 405 g/mol. The van der Waals surface area contributed by atoms with Gasteiger partial charge in [0.05, 0.1) is 18.1 Å². The molecule has 0 radical (unpaired) electrons. The number of methoxy groups -OCH3 is 1. The van der Waals surface area contributed by atoms with Gasteiger partial charge >= 0.3 is 5.69 Å². The van der Waals surface area contributed by atoms with E-state index in [0.717, 1.165) is 22.3 Å². The highest BCUT2D eigenvalue weighted by atomic mass is 16.5. The Labute approximate surface area is 173 Å². The summed E-state index contributed by atoms with van der Waals surface area (Å²) in [7, 11) is 5.18. The topological polar surface area (TPSA) is 83.1 Å². The summed E-state index contributed by atoms with van der Waals surface area (Å²) in [6, 6.07) is 14.4. The number of aryl methyl sites for hydroxylation is 2. The number of hydrogen-bond donors (Lipinski definition) is 1. The molecule has 0 spiro atoms. The normalized spacial score (nSPS) is 12.1. The smallest absolute Gasteiger partial charge is 0.329 e. The number of carbonyl (C=O) groups excluding carboxylic acids is 1. The van der Waals surface area contributed by atoms with Crippen LogP contribution in [-0.2, 0) is 25.4 Å². The molecule has 154 valence electrons. The van der Waals surface area contributed by atoms with Crippen LogP contribution in [0.5, 0.6) is 5.75 Å². The average Bonchev–Trinajstić information content (AvgIpc) is 3.29. The van der Waals surface area contributed by atoms with E-state index >= 15 is 0 Å². The minimum Gasteiger partial charge on any atom is -0.497 e. The summed E-state index contributed by atoms with van der Waals surface area (Å²) in [6.45, 7) is -0.0860. The number of carbonyl (C=O) groups is 1. The standard InChI is InChI=1S/C22H23N5O3/c1-25-13-12-23-21(25)20(15-8-10-16(30-3)11-9-15)24-19(28)14-27-18-7-5-4-6-17(18)26(2)22(27)29/h4-13,20H,14H2,1-3H3,(H,24,28). The van der Waals surface area contributed by atoms with Crippen LogP contribution in [0, 0.1) is 0 Å². The van der Waals surface area contributed by atoms with E-state index in [-0.39, 0.29) is 18.1 Å². The van der Waals surface area contributed by atoms with Crippen molar-refractivity contribution in [1.29, 1.82) is 0 Å². The number of rotatable bonds is 6. The van der Waals surface area contributed by atoms with Crippen LogP contribution in [0.25, 0.3) is 11.0 Å². The van der Waals surface area contributed by atoms with E-state index in [1.165, 1.54) is 4.57 Å². The van der Waals surface area contributed by atoms with Crippen molar-refractivity contribution in [3.05, 3.63) is 82.8 Å². The van der Waals surface area contributed by atoms with Gasteiger partial charge in [0.15, 0.2) is 0 Å². The summed E-state index contributed by atoms with van der Waals surface area (Å²) in [5.41, 5.74) is 2.14. The van der Waals surface area contributed by atoms with Crippen LogP contribution in [0.4, 0.5) is 0 Å². The molecule has 8 heteroatoms. The quantitative estimate of drug-likeness (QED) is 0.532. The highest BCUT2D eigenvalue weighted by molar-refractivity contribution is 5.81. The molecule has 0 aliphatic heterocycles. The maximum atomic E-state index is 13.0. The van der Waals surface area contributed by atoms with Gasteiger partial charge in [0.1, 0.15) is 24.2 Å². The average molecular weight is 405 g/mol. The Kier molecular flexibility index (Phi) is 5.14. The summed E-state index contributed by atoms with van der Waals surface area (Å²) < 4.78 is 10.1. The Bertz CT molecular complexity index is 1250. The van der Waals surface area contributed by atoms with Gasteiger partial charge < -0.3 is 14.6 Å². The molecule has 8 nitrogen and oxygen atoms in total. The molecule has 0 saturated carbocycles. The molecular weight excluding hydrogens is 382 g/mol. The molecule has 0 bridgehead atoms. The first-order valence-corrected chi connectivity index (χ1v) is 9.54.